The standard InChI is InChI=1S/C12H16N2O6/c13-8(5-15)11(10(18)9(17)6-16)20-12(19)7-2-1-3-14-4-7/h1-5,8-11,16-18H,6,13H2/t8-,9+,10+,11+/m0/s1. The molecule has 1 aromatic rings. The van der Waals surface area contributed by atoms with Gasteiger partial charge in [-0.05, 0) is 12.1 Å². The highest BCUT2D eigenvalue weighted by Crippen LogP contribution is 2.11. The first-order valence-electron chi connectivity index (χ1n) is 5.80. The monoisotopic (exact) mass is 284 g/mol. The smallest absolute Gasteiger partial charge is 0.340 e. The lowest BCUT2D eigenvalue weighted by Gasteiger charge is -2.27. The van der Waals surface area contributed by atoms with Gasteiger partial charge in [0.15, 0.2) is 6.10 Å². The lowest BCUT2D eigenvalue weighted by atomic mass is 10.0. The third-order valence-electron chi connectivity index (χ3n) is 2.59. The lowest BCUT2D eigenvalue weighted by Crippen LogP contribution is -2.52. The summed E-state index contributed by atoms with van der Waals surface area (Å²) in [5.74, 6) is -0.857. The molecule has 20 heavy (non-hydrogen) atoms. The Kier molecular flexibility index (Phi) is 6.19. The van der Waals surface area contributed by atoms with Crippen molar-refractivity contribution in [1.29, 1.82) is 0 Å². The van der Waals surface area contributed by atoms with Gasteiger partial charge in [-0.25, -0.2) is 4.79 Å². The van der Waals surface area contributed by atoms with Gasteiger partial charge in [0.05, 0.1) is 12.2 Å². The van der Waals surface area contributed by atoms with Crippen molar-refractivity contribution < 1.29 is 29.6 Å². The number of hydrogen-bond acceptors (Lipinski definition) is 8. The highest BCUT2D eigenvalue weighted by atomic mass is 16.6. The molecule has 1 aromatic heterocycles. The number of ether oxygens (including phenoxy) is 1. The number of aliphatic hydroxyl groups is 3. The highest BCUT2D eigenvalue weighted by Gasteiger charge is 2.34. The Morgan fingerprint density at radius 2 is 2.20 bits per heavy atom. The molecule has 0 aliphatic rings. The van der Waals surface area contributed by atoms with E-state index in [0.29, 0.717) is 0 Å². The number of rotatable bonds is 7. The first-order valence-corrected chi connectivity index (χ1v) is 5.80. The van der Waals surface area contributed by atoms with Crippen LogP contribution in [0.25, 0.3) is 0 Å². The first kappa shape index (κ1) is 16.2. The molecule has 0 amide bonds. The molecule has 0 aliphatic carbocycles. The third-order valence-corrected chi connectivity index (χ3v) is 2.59. The van der Waals surface area contributed by atoms with Gasteiger partial charge in [0.1, 0.15) is 24.5 Å². The molecule has 110 valence electrons. The number of esters is 1. The second-order valence-corrected chi connectivity index (χ2v) is 4.07. The van der Waals surface area contributed by atoms with Crippen LogP contribution in [0.5, 0.6) is 0 Å². The van der Waals surface area contributed by atoms with Gasteiger partial charge in [-0.15, -0.1) is 0 Å². The largest absolute Gasteiger partial charge is 0.454 e. The van der Waals surface area contributed by atoms with Crippen LogP contribution in [-0.2, 0) is 9.53 Å². The van der Waals surface area contributed by atoms with Crippen molar-refractivity contribution in [1.82, 2.24) is 4.98 Å². The zero-order chi connectivity index (χ0) is 15.1. The summed E-state index contributed by atoms with van der Waals surface area (Å²) < 4.78 is 4.92. The maximum Gasteiger partial charge on any atom is 0.340 e. The van der Waals surface area contributed by atoms with Crippen LogP contribution < -0.4 is 5.73 Å². The van der Waals surface area contributed by atoms with E-state index in [-0.39, 0.29) is 11.8 Å². The number of aldehydes is 1. The minimum absolute atomic E-state index is 0.0984. The molecule has 0 bridgehead atoms. The Labute approximate surface area is 114 Å². The molecule has 5 N–H and O–H groups in total. The number of aromatic nitrogens is 1. The normalized spacial score (nSPS) is 16.8. The Balaban J connectivity index is 2.85. The van der Waals surface area contributed by atoms with E-state index in [1.54, 1.807) is 0 Å². The van der Waals surface area contributed by atoms with Crippen molar-refractivity contribution in [3.05, 3.63) is 30.1 Å². The van der Waals surface area contributed by atoms with E-state index in [9.17, 15) is 19.8 Å². The molecule has 0 fully saturated rings. The van der Waals surface area contributed by atoms with Gasteiger partial charge in [0.25, 0.3) is 0 Å². The summed E-state index contributed by atoms with van der Waals surface area (Å²) in [6.07, 6.45) is -1.80. The van der Waals surface area contributed by atoms with Crippen LogP contribution in [0.2, 0.25) is 0 Å². The Bertz CT molecular complexity index is 441. The van der Waals surface area contributed by atoms with Gasteiger partial charge < -0.3 is 30.6 Å². The van der Waals surface area contributed by atoms with Gasteiger partial charge in [-0.3, -0.25) is 4.98 Å². The highest BCUT2D eigenvalue weighted by molar-refractivity contribution is 5.89. The Morgan fingerprint density at radius 3 is 2.70 bits per heavy atom. The summed E-state index contributed by atoms with van der Waals surface area (Å²) in [6.45, 7) is -0.770. The molecule has 0 aliphatic heterocycles. The van der Waals surface area contributed by atoms with Crippen LogP contribution in [0.3, 0.4) is 0 Å². The second kappa shape index (κ2) is 7.65. The number of hydrogen-bond donors (Lipinski definition) is 4. The summed E-state index contributed by atoms with van der Waals surface area (Å²) in [7, 11) is 0. The number of pyridine rings is 1. The maximum atomic E-state index is 11.8. The fourth-order valence-corrected chi connectivity index (χ4v) is 1.46. The van der Waals surface area contributed by atoms with Crippen LogP contribution in [-0.4, -0.2) is 63.5 Å². The molecule has 0 unspecified atom stereocenters. The Morgan fingerprint density at radius 1 is 1.50 bits per heavy atom. The van der Waals surface area contributed by atoms with Gasteiger partial charge in [0, 0.05) is 12.4 Å². The van der Waals surface area contributed by atoms with Gasteiger partial charge in [0.2, 0.25) is 0 Å². The van der Waals surface area contributed by atoms with Crippen LogP contribution in [0.1, 0.15) is 10.4 Å². The zero-order valence-corrected chi connectivity index (χ0v) is 10.5. The summed E-state index contributed by atoms with van der Waals surface area (Å²) >= 11 is 0. The number of carbonyl (C=O) groups excluding carboxylic acids is 2. The van der Waals surface area contributed by atoms with Crippen LogP contribution in [0.4, 0.5) is 0 Å². The summed E-state index contributed by atoms with van der Waals surface area (Å²) in [5, 5.41) is 27.9. The average molecular weight is 284 g/mol. The van der Waals surface area contributed by atoms with Crippen molar-refractivity contribution >= 4 is 12.3 Å². The van der Waals surface area contributed by atoms with E-state index in [1.807, 2.05) is 0 Å². The average Bonchev–Trinajstić information content (AvgIpc) is 2.50. The Hall–Kier alpha value is -1.87. The van der Waals surface area contributed by atoms with E-state index in [2.05, 4.69) is 4.98 Å². The van der Waals surface area contributed by atoms with Crippen LogP contribution in [0, 0.1) is 0 Å². The predicted molar refractivity (Wildman–Crippen MR) is 66.6 cm³/mol. The first-order chi connectivity index (χ1) is 9.51. The van der Waals surface area contributed by atoms with Gasteiger partial charge >= 0.3 is 5.97 Å². The molecule has 0 saturated carbocycles. The van der Waals surface area contributed by atoms with Gasteiger partial charge in [-0.2, -0.15) is 0 Å². The molecule has 0 aromatic carbocycles. The zero-order valence-electron chi connectivity index (χ0n) is 10.5. The van der Waals surface area contributed by atoms with E-state index in [4.69, 9.17) is 15.6 Å². The van der Waals surface area contributed by atoms with Gasteiger partial charge in [-0.1, -0.05) is 0 Å². The van der Waals surface area contributed by atoms with Crippen LogP contribution >= 0.6 is 0 Å². The number of aliphatic hydroxyl groups excluding tert-OH is 3. The lowest BCUT2D eigenvalue weighted by molar-refractivity contribution is -0.119. The summed E-state index contributed by atoms with van der Waals surface area (Å²) in [6, 6.07) is 1.59. The number of nitrogens with zero attached hydrogens (tertiary/aromatic N) is 1. The predicted octanol–water partition coefficient (Wildman–Crippen LogP) is -2.15. The molecular weight excluding hydrogens is 268 g/mol. The topological polar surface area (TPSA) is 143 Å². The summed E-state index contributed by atoms with van der Waals surface area (Å²) in [4.78, 5) is 26.2. The fourth-order valence-electron chi connectivity index (χ4n) is 1.46. The molecular formula is C12H16N2O6. The van der Waals surface area contributed by atoms with E-state index in [0.717, 1.165) is 0 Å². The fraction of sp³-hybridized carbons (Fsp3) is 0.417. The third kappa shape index (κ3) is 4.07. The van der Waals surface area contributed by atoms with Crippen LogP contribution in [0.15, 0.2) is 24.5 Å². The van der Waals surface area contributed by atoms with Crippen molar-refractivity contribution in [2.75, 3.05) is 6.61 Å². The molecule has 0 radical (unpaired) electrons. The van der Waals surface area contributed by atoms with Crippen molar-refractivity contribution in [2.45, 2.75) is 24.4 Å². The molecule has 8 heteroatoms. The van der Waals surface area contributed by atoms with Crippen molar-refractivity contribution in [2.24, 2.45) is 5.73 Å². The van der Waals surface area contributed by atoms with E-state index < -0.39 is 36.9 Å². The second-order valence-electron chi connectivity index (χ2n) is 4.07. The quantitative estimate of drug-likeness (QED) is 0.328. The minimum atomic E-state index is -1.69. The molecule has 8 nitrogen and oxygen atoms in total. The molecule has 0 saturated heterocycles. The molecule has 4 atom stereocenters. The van der Waals surface area contributed by atoms with Crippen molar-refractivity contribution in [3.8, 4) is 0 Å². The summed E-state index contributed by atoms with van der Waals surface area (Å²) in [5.41, 5.74) is 5.52. The number of nitrogens with two attached hydrogens (primary N) is 1. The van der Waals surface area contributed by atoms with E-state index in [1.165, 1.54) is 24.5 Å². The van der Waals surface area contributed by atoms with E-state index >= 15 is 0 Å². The maximum absolute atomic E-state index is 11.8. The van der Waals surface area contributed by atoms with Crippen molar-refractivity contribution in [3.63, 3.8) is 0 Å². The number of carbonyl (C=O) groups is 2. The SMILES string of the molecule is N[C@@H](C=O)[C@@H](OC(=O)c1cccnc1)[C@H](O)[C@H](O)CO. The molecule has 0 spiro atoms. The minimum Gasteiger partial charge on any atom is -0.454 e. The molecule has 1 heterocycles. The molecule has 1 rings (SSSR count).